The van der Waals surface area contributed by atoms with Crippen LogP contribution in [0, 0.1) is 10.7 Å². The number of halogens is 2. The van der Waals surface area contributed by atoms with Gasteiger partial charge < -0.3 is 4.90 Å². The van der Waals surface area contributed by atoms with E-state index in [0.717, 1.165) is 30.8 Å². The molecule has 7 nitrogen and oxygen atoms in total. The standard InChI is InChI=1S/C19H22F2N6OS/c1-29(22,28)12-13-3-2-8-26(11-13)18-9-14(6-7-23-18)16-10-24-17-5-4-15(19(20)21)25-27(16)17/h4-7,9-10,13,19,22H,2-3,8,11-12H2,1H3. The smallest absolute Gasteiger partial charge is 0.282 e. The third-order valence-electron chi connectivity index (χ3n) is 5.04. The lowest BCUT2D eigenvalue weighted by Crippen LogP contribution is -2.38. The molecule has 1 saturated heterocycles. The highest BCUT2D eigenvalue weighted by molar-refractivity contribution is 7.91. The molecule has 0 aliphatic carbocycles. The normalized spacial score (nSPS) is 19.6. The monoisotopic (exact) mass is 420 g/mol. The summed E-state index contributed by atoms with van der Waals surface area (Å²) in [6.07, 6.45) is 4.02. The molecule has 10 heteroatoms. The van der Waals surface area contributed by atoms with Gasteiger partial charge in [-0.25, -0.2) is 23.3 Å². The predicted octanol–water partition coefficient (Wildman–Crippen LogP) is 3.62. The zero-order chi connectivity index (χ0) is 20.6. The number of nitrogens with one attached hydrogen (secondary N) is 1. The van der Waals surface area contributed by atoms with Crippen LogP contribution in [0.5, 0.6) is 0 Å². The Bertz CT molecular complexity index is 1130. The zero-order valence-electron chi connectivity index (χ0n) is 16.0. The van der Waals surface area contributed by atoms with Crippen LogP contribution in [0.3, 0.4) is 0 Å². The Morgan fingerprint density at radius 1 is 1.31 bits per heavy atom. The third kappa shape index (κ3) is 4.36. The van der Waals surface area contributed by atoms with Crippen molar-refractivity contribution >= 4 is 21.2 Å². The summed E-state index contributed by atoms with van der Waals surface area (Å²) < 4.78 is 47.1. The minimum atomic E-state index is -2.65. The molecule has 154 valence electrons. The summed E-state index contributed by atoms with van der Waals surface area (Å²) in [5, 5.41) is 4.02. The fraction of sp³-hybridized carbons (Fsp3) is 0.421. The predicted molar refractivity (Wildman–Crippen MR) is 108 cm³/mol. The van der Waals surface area contributed by atoms with E-state index >= 15 is 0 Å². The van der Waals surface area contributed by atoms with Gasteiger partial charge in [0.25, 0.3) is 6.43 Å². The van der Waals surface area contributed by atoms with Crippen molar-refractivity contribution in [2.24, 2.45) is 5.92 Å². The van der Waals surface area contributed by atoms with Gasteiger partial charge in [0.2, 0.25) is 0 Å². The van der Waals surface area contributed by atoms with Crippen LogP contribution in [0.2, 0.25) is 0 Å². The lowest BCUT2D eigenvalue weighted by Gasteiger charge is -2.33. The highest BCUT2D eigenvalue weighted by Crippen LogP contribution is 2.28. The number of nitrogens with zero attached hydrogens (tertiary/aromatic N) is 5. The molecule has 0 spiro atoms. The van der Waals surface area contributed by atoms with Gasteiger partial charge in [-0.3, -0.25) is 8.99 Å². The van der Waals surface area contributed by atoms with E-state index < -0.39 is 16.2 Å². The summed E-state index contributed by atoms with van der Waals surface area (Å²) >= 11 is 0. The summed E-state index contributed by atoms with van der Waals surface area (Å²) in [6, 6.07) is 6.50. The van der Waals surface area contributed by atoms with Gasteiger partial charge in [0.1, 0.15) is 11.5 Å². The highest BCUT2D eigenvalue weighted by atomic mass is 32.2. The van der Waals surface area contributed by atoms with E-state index in [1.807, 2.05) is 6.07 Å². The van der Waals surface area contributed by atoms with Gasteiger partial charge in [0.05, 0.1) is 11.9 Å². The first kappa shape index (κ1) is 19.7. The molecule has 0 radical (unpaired) electrons. The van der Waals surface area contributed by atoms with E-state index in [1.165, 1.54) is 22.9 Å². The average molecular weight is 420 g/mol. The Morgan fingerprint density at radius 2 is 2.14 bits per heavy atom. The molecular formula is C19H22F2N6OS. The number of anilines is 1. The zero-order valence-corrected chi connectivity index (χ0v) is 16.8. The van der Waals surface area contributed by atoms with Gasteiger partial charge in [0.15, 0.2) is 5.65 Å². The summed E-state index contributed by atoms with van der Waals surface area (Å²) in [7, 11) is -2.54. The number of pyridine rings is 1. The Labute approximate surface area is 167 Å². The van der Waals surface area contributed by atoms with Crippen molar-refractivity contribution in [2.45, 2.75) is 19.3 Å². The first-order valence-electron chi connectivity index (χ1n) is 9.36. The molecule has 3 aromatic heterocycles. The van der Waals surface area contributed by atoms with E-state index in [1.54, 1.807) is 18.5 Å². The molecule has 0 bridgehead atoms. The lowest BCUT2D eigenvalue weighted by molar-refractivity contribution is 0.144. The Morgan fingerprint density at radius 3 is 2.90 bits per heavy atom. The molecule has 4 heterocycles. The first-order valence-corrected chi connectivity index (χ1v) is 11.5. The van der Waals surface area contributed by atoms with Crippen molar-refractivity contribution in [1.29, 1.82) is 4.78 Å². The van der Waals surface area contributed by atoms with Crippen molar-refractivity contribution in [1.82, 2.24) is 19.6 Å². The lowest BCUT2D eigenvalue weighted by atomic mass is 10.00. The minimum Gasteiger partial charge on any atom is -0.356 e. The average Bonchev–Trinajstić information content (AvgIpc) is 3.10. The number of hydrogen-bond acceptors (Lipinski definition) is 6. The van der Waals surface area contributed by atoms with E-state index in [-0.39, 0.29) is 11.6 Å². The van der Waals surface area contributed by atoms with Gasteiger partial charge in [-0.1, -0.05) is 0 Å². The third-order valence-corrected chi connectivity index (χ3v) is 6.15. The fourth-order valence-electron chi connectivity index (χ4n) is 3.81. The number of piperidine rings is 1. The fourth-order valence-corrected chi connectivity index (χ4v) is 4.98. The second-order valence-electron chi connectivity index (χ2n) is 7.50. The molecule has 0 amide bonds. The molecular weight excluding hydrogens is 398 g/mol. The van der Waals surface area contributed by atoms with Crippen molar-refractivity contribution < 1.29 is 13.0 Å². The number of imidazole rings is 1. The van der Waals surface area contributed by atoms with Crippen molar-refractivity contribution in [3.63, 3.8) is 0 Å². The number of hydrogen-bond donors (Lipinski definition) is 1. The molecule has 1 N–H and O–H groups in total. The molecule has 2 unspecified atom stereocenters. The van der Waals surface area contributed by atoms with E-state index in [2.05, 4.69) is 20.0 Å². The molecule has 1 fully saturated rings. The van der Waals surface area contributed by atoms with Gasteiger partial charge >= 0.3 is 0 Å². The highest BCUT2D eigenvalue weighted by Gasteiger charge is 2.23. The summed E-state index contributed by atoms with van der Waals surface area (Å²) in [6.45, 7) is 1.53. The maximum Gasteiger partial charge on any atom is 0.282 e. The Hall–Kier alpha value is -2.62. The number of rotatable bonds is 5. The summed E-state index contributed by atoms with van der Waals surface area (Å²) in [5.74, 6) is 1.34. The molecule has 4 rings (SSSR count). The molecule has 1 aliphatic rings. The van der Waals surface area contributed by atoms with Gasteiger partial charge in [-0.15, -0.1) is 0 Å². The number of alkyl halides is 2. The number of fused-ring (bicyclic) bond motifs is 1. The summed E-state index contributed by atoms with van der Waals surface area (Å²) in [5.41, 5.74) is 1.59. The van der Waals surface area contributed by atoms with Crippen molar-refractivity contribution in [2.75, 3.05) is 30.0 Å². The molecule has 3 aromatic rings. The van der Waals surface area contributed by atoms with Crippen LogP contribution in [0.15, 0.2) is 36.7 Å². The van der Waals surface area contributed by atoms with Gasteiger partial charge in [-0.2, -0.15) is 5.10 Å². The SMILES string of the molecule is CS(=N)(=O)CC1CCCN(c2cc(-c3cnc4ccc(C(F)F)nn34)ccn2)C1. The molecule has 2 atom stereocenters. The first-order chi connectivity index (χ1) is 13.8. The summed E-state index contributed by atoms with van der Waals surface area (Å²) in [4.78, 5) is 10.9. The van der Waals surface area contributed by atoms with Crippen molar-refractivity contribution in [3.8, 4) is 11.3 Å². The maximum atomic E-state index is 13.0. The van der Waals surface area contributed by atoms with Crippen molar-refractivity contribution in [3.05, 3.63) is 42.4 Å². The molecule has 0 saturated carbocycles. The second kappa shape index (κ2) is 7.66. The maximum absolute atomic E-state index is 13.0. The molecule has 0 aromatic carbocycles. The van der Waals surface area contributed by atoms with Crippen LogP contribution in [-0.2, 0) is 9.73 Å². The van der Waals surface area contributed by atoms with Gasteiger partial charge in [-0.05, 0) is 43.0 Å². The van der Waals surface area contributed by atoms with Crippen LogP contribution >= 0.6 is 0 Å². The number of aromatic nitrogens is 4. The van der Waals surface area contributed by atoms with Crippen LogP contribution < -0.4 is 4.90 Å². The van der Waals surface area contributed by atoms with Crippen LogP contribution in [0.4, 0.5) is 14.6 Å². The quantitative estimate of drug-likeness (QED) is 0.681. The topological polar surface area (TPSA) is 87.2 Å². The Balaban J connectivity index is 1.64. The van der Waals surface area contributed by atoms with E-state index in [4.69, 9.17) is 4.78 Å². The Kier molecular flexibility index (Phi) is 5.20. The van der Waals surface area contributed by atoms with E-state index in [0.29, 0.717) is 23.6 Å². The van der Waals surface area contributed by atoms with Crippen LogP contribution in [0.1, 0.15) is 25.0 Å². The van der Waals surface area contributed by atoms with Crippen LogP contribution in [0.25, 0.3) is 16.9 Å². The minimum absolute atomic E-state index is 0.190. The second-order valence-corrected chi connectivity index (χ2v) is 9.84. The van der Waals surface area contributed by atoms with E-state index in [9.17, 15) is 13.0 Å². The largest absolute Gasteiger partial charge is 0.356 e. The molecule has 29 heavy (non-hydrogen) atoms. The molecule has 1 aliphatic heterocycles. The van der Waals surface area contributed by atoms with Gasteiger partial charge in [0, 0.05) is 46.6 Å². The van der Waals surface area contributed by atoms with Crippen LogP contribution in [-0.4, -0.2) is 48.9 Å².